The van der Waals surface area contributed by atoms with Crippen molar-refractivity contribution in [2.75, 3.05) is 18.8 Å². The third kappa shape index (κ3) is 4.93. The number of rotatable bonds is 3. The first-order valence-corrected chi connectivity index (χ1v) is 6.70. The van der Waals surface area contributed by atoms with Crippen molar-refractivity contribution in [3.05, 3.63) is 0 Å². The Morgan fingerprint density at radius 3 is 2.62 bits per heavy atom. The first kappa shape index (κ1) is 16.1. The number of hydrogen-bond acceptors (Lipinski definition) is 3. The number of hydrogen-bond donors (Lipinski definition) is 1. The molecule has 0 aromatic carbocycles. The molecule has 0 aromatic rings. The van der Waals surface area contributed by atoms with Crippen molar-refractivity contribution in [3.63, 3.8) is 0 Å². The quantitative estimate of drug-likeness (QED) is 0.847. The zero-order valence-electron chi connectivity index (χ0n) is 10.3. The number of carbonyl (C=O) groups is 1. The summed E-state index contributed by atoms with van der Waals surface area (Å²) in [6.45, 7) is 8.11. The van der Waals surface area contributed by atoms with Gasteiger partial charge in [0.1, 0.15) is 0 Å². The van der Waals surface area contributed by atoms with E-state index in [1.807, 2.05) is 23.6 Å². The molecule has 2 unspecified atom stereocenters. The number of thioether (sulfide) groups is 1. The summed E-state index contributed by atoms with van der Waals surface area (Å²) < 4.78 is 0. The van der Waals surface area contributed by atoms with Crippen LogP contribution < -0.4 is 5.73 Å². The van der Waals surface area contributed by atoms with Gasteiger partial charge in [0.2, 0.25) is 5.91 Å². The van der Waals surface area contributed by atoms with E-state index in [2.05, 4.69) is 13.8 Å². The molecule has 2 N–H and O–H groups in total. The van der Waals surface area contributed by atoms with Crippen LogP contribution in [0.2, 0.25) is 0 Å². The van der Waals surface area contributed by atoms with Gasteiger partial charge in [-0.25, -0.2) is 0 Å². The Balaban J connectivity index is 0.00000225. The molecule has 3 nitrogen and oxygen atoms in total. The van der Waals surface area contributed by atoms with Gasteiger partial charge in [0, 0.05) is 36.6 Å². The molecule has 1 saturated heterocycles. The van der Waals surface area contributed by atoms with E-state index in [4.69, 9.17) is 5.73 Å². The van der Waals surface area contributed by atoms with Crippen molar-refractivity contribution in [1.29, 1.82) is 0 Å². The number of nitrogens with two attached hydrogens (primary N) is 1. The molecule has 1 fully saturated rings. The molecule has 1 rings (SSSR count). The highest BCUT2D eigenvalue weighted by atomic mass is 35.5. The average molecular weight is 267 g/mol. The monoisotopic (exact) mass is 266 g/mol. The van der Waals surface area contributed by atoms with Gasteiger partial charge in [0.25, 0.3) is 0 Å². The topological polar surface area (TPSA) is 46.3 Å². The largest absolute Gasteiger partial charge is 0.341 e. The third-order valence-electron chi connectivity index (χ3n) is 2.69. The zero-order valence-corrected chi connectivity index (χ0v) is 11.9. The van der Waals surface area contributed by atoms with Crippen LogP contribution in [0, 0.1) is 5.92 Å². The van der Waals surface area contributed by atoms with Crippen molar-refractivity contribution >= 4 is 30.1 Å². The van der Waals surface area contributed by atoms with E-state index in [0.717, 1.165) is 18.8 Å². The van der Waals surface area contributed by atoms with Gasteiger partial charge in [-0.1, -0.05) is 13.8 Å². The number of nitrogens with zero attached hydrogens (tertiary/aromatic N) is 1. The molecule has 1 aliphatic rings. The van der Waals surface area contributed by atoms with Gasteiger partial charge in [0.05, 0.1) is 0 Å². The van der Waals surface area contributed by atoms with E-state index in [1.165, 1.54) is 0 Å². The summed E-state index contributed by atoms with van der Waals surface area (Å²) in [7, 11) is 0. The molecule has 0 radical (unpaired) electrons. The molecule has 1 heterocycles. The second kappa shape index (κ2) is 7.41. The van der Waals surface area contributed by atoms with Crippen LogP contribution in [0.25, 0.3) is 0 Å². The van der Waals surface area contributed by atoms with E-state index >= 15 is 0 Å². The fourth-order valence-electron chi connectivity index (χ4n) is 1.71. The summed E-state index contributed by atoms with van der Waals surface area (Å²) in [5, 5.41) is 0.593. The molecule has 0 bridgehead atoms. The summed E-state index contributed by atoms with van der Waals surface area (Å²) >= 11 is 1.99. The highest BCUT2D eigenvalue weighted by molar-refractivity contribution is 8.00. The number of amides is 1. The van der Waals surface area contributed by atoms with E-state index < -0.39 is 0 Å². The minimum Gasteiger partial charge on any atom is -0.341 e. The molecule has 0 saturated carbocycles. The first-order valence-electron chi connectivity index (χ1n) is 5.65. The predicted molar refractivity (Wildman–Crippen MR) is 73.2 cm³/mol. The van der Waals surface area contributed by atoms with E-state index in [9.17, 15) is 4.79 Å². The average Bonchev–Trinajstić information content (AvgIpc) is 2.17. The van der Waals surface area contributed by atoms with Gasteiger partial charge in [-0.05, 0) is 12.8 Å². The molecule has 96 valence electrons. The Morgan fingerprint density at radius 2 is 2.12 bits per heavy atom. The molecular weight excluding hydrogens is 244 g/mol. The molecule has 0 aromatic heterocycles. The molecule has 0 spiro atoms. The standard InChI is InChI=1S/C11H22N2OS.ClH/c1-8(2)10-7-13(4-5-15-10)11(14)6-9(3)12;/h8-10H,4-7,12H2,1-3H3;1H. The fourth-order valence-corrected chi connectivity index (χ4v) is 3.01. The summed E-state index contributed by atoms with van der Waals surface area (Å²) in [5.41, 5.74) is 5.64. The minimum atomic E-state index is -0.0235. The van der Waals surface area contributed by atoms with Crippen LogP contribution in [0.3, 0.4) is 0 Å². The smallest absolute Gasteiger partial charge is 0.224 e. The number of carbonyl (C=O) groups excluding carboxylic acids is 1. The zero-order chi connectivity index (χ0) is 11.4. The van der Waals surface area contributed by atoms with Crippen LogP contribution in [0.4, 0.5) is 0 Å². The van der Waals surface area contributed by atoms with Crippen LogP contribution in [0.1, 0.15) is 27.2 Å². The molecular formula is C11H23ClN2OS. The molecule has 2 atom stereocenters. The lowest BCUT2D eigenvalue weighted by Crippen LogP contribution is -2.44. The van der Waals surface area contributed by atoms with Gasteiger partial charge in [-0.15, -0.1) is 12.4 Å². The molecule has 1 amide bonds. The van der Waals surface area contributed by atoms with Crippen LogP contribution in [-0.2, 0) is 4.79 Å². The van der Waals surface area contributed by atoms with Crippen LogP contribution in [0.5, 0.6) is 0 Å². The fraction of sp³-hybridized carbons (Fsp3) is 0.909. The highest BCUT2D eigenvalue weighted by Crippen LogP contribution is 2.25. The maximum Gasteiger partial charge on any atom is 0.224 e. The van der Waals surface area contributed by atoms with Crippen molar-refractivity contribution in [2.45, 2.75) is 38.5 Å². The predicted octanol–water partition coefficient (Wildman–Crippen LogP) is 1.75. The van der Waals surface area contributed by atoms with E-state index in [-0.39, 0.29) is 24.4 Å². The summed E-state index contributed by atoms with van der Waals surface area (Å²) in [6.07, 6.45) is 0.482. The second-order valence-electron chi connectivity index (χ2n) is 4.67. The summed E-state index contributed by atoms with van der Waals surface area (Å²) in [4.78, 5) is 13.8. The summed E-state index contributed by atoms with van der Waals surface area (Å²) in [6, 6.07) is -0.0235. The molecule has 16 heavy (non-hydrogen) atoms. The van der Waals surface area contributed by atoms with Gasteiger partial charge in [0.15, 0.2) is 0 Å². The van der Waals surface area contributed by atoms with Crippen molar-refractivity contribution in [3.8, 4) is 0 Å². The Morgan fingerprint density at radius 1 is 1.50 bits per heavy atom. The minimum absolute atomic E-state index is 0. The van der Waals surface area contributed by atoms with Crippen molar-refractivity contribution in [2.24, 2.45) is 11.7 Å². The molecule has 0 aliphatic carbocycles. The van der Waals surface area contributed by atoms with Gasteiger partial charge in [-0.3, -0.25) is 4.79 Å². The Kier molecular flexibility index (Phi) is 7.44. The normalized spacial score (nSPS) is 22.8. The first-order chi connectivity index (χ1) is 7.00. The lowest BCUT2D eigenvalue weighted by Gasteiger charge is -2.34. The van der Waals surface area contributed by atoms with Crippen LogP contribution in [-0.4, -0.2) is 40.9 Å². The second-order valence-corrected chi connectivity index (χ2v) is 6.02. The van der Waals surface area contributed by atoms with Gasteiger partial charge >= 0.3 is 0 Å². The highest BCUT2D eigenvalue weighted by Gasteiger charge is 2.25. The van der Waals surface area contributed by atoms with Gasteiger partial charge < -0.3 is 10.6 Å². The molecule has 1 aliphatic heterocycles. The van der Waals surface area contributed by atoms with E-state index in [0.29, 0.717) is 17.6 Å². The SMILES string of the molecule is CC(N)CC(=O)N1CCSC(C(C)C)C1.Cl. The lowest BCUT2D eigenvalue weighted by atomic mass is 10.1. The molecule has 5 heteroatoms. The van der Waals surface area contributed by atoms with Crippen molar-refractivity contribution < 1.29 is 4.79 Å². The third-order valence-corrected chi connectivity index (χ3v) is 4.23. The van der Waals surface area contributed by atoms with E-state index in [1.54, 1.807) is 0 Å². The van der Waals surface area contributed by atoms with Gasteiger partial charge in [-0.2, -0.15) is 11.8 Å². The maximum atomic E-state index is 11.8. The Hall–Kier alpha value is 0.0700. The summed E-state index contributed by atoms with van der Waals surface area (Å²) in [5.74, 6) is 1.92. The number of halogens is 1. The van der Waals surface area contributed by atoms with Crippen LogP contribution >= 0.6 is 24.2 Å². The Labute approximate surface area is 109 Å². The van der Waals surface area contributed by atoms with Crippen molar-refractivity contribution in [1.82, 2.24) is 4.90 Å². The maximum absolute atomic E-state index is 11.8. The van der Waals surface area contributed by atoms with Crippen LogP contribution in [0.15, 0.2) is 0 Å². The lowest BCUT2D eigenvalue weighted by molar-refractivity contribution is -0.131. The Bertz CT molecular complexity index is 224.